The van der Waals surface area contributed by atoms with Crippen LogP contribution in [-0.4, -0.2) is 17.4 Å². The predicted molar refractivity (Wildman–Crippen MR) is 107 cm³/mol. The van der Waals surface area contributed by atoms with Gasteiger partial charge in [-0.15, -0.1) is 11.8 Å². The molecular weight excluding hydrogens is 342 g/mol. The third kappa shape index (κ3) is 4.83. The van der Waals surface area contributed by atoms with Gasteiger partial charge in [0.05, 0.1) is 5.75 Å². The third-order valence-corrected chi connectivity index (χ3v) is 4.83. The smallest absolute Gasteiger partial charge is 0.255 e. The molecule has 0 spiro atoms. The molecule has 0 aliphatic heterocycles. The van der Waals surface area contributed by atoms with Gasteiger partial charge in [-0.05, 0) is 42.8 Å². The van der Waals surface area contributed by atoms with Gasteiger partial charge in [-0.1, -0.05) is 48.5 Å². The van der Waals surface area contributed by atoms with Gasteiger partial charge in [0.15, 0.2) is 5.78 Å². The van der Waals surface area contributed by atoms with E-state index < -0.39 is 0 Å². The lowest BCUT2D eigenvalue weighted by Crippen LogP contribution is -2.12. The zero-order valence-electron chi connectivity index (χ0n) is 14.4. The van der Waals surface area contributed by atoms with E-state index in [0.717, 1.165) is 16.1 Å². The number of nitrogens with one attached hydrogen (secondary N) is 1. The number of hydrogen-bond donors (Lipinski definition) is 1. The summed E-state index contributed by atoms with van der Waals surface area (Å²) in [6, 6.07) is 24.2. The summed E-state index contributed by atoms with van der Waals surface area (Å²) < 4.78 is 0. The average molecular weight is 361 g/mol. The molecular formula is C22H19NO2S. The van der Waals surface area contributed by atoms with E-state index in [1.165, 1.54) is 11.8 Å². The van der Waals surface area contributed by atoms with Crippen molar-refractivity contribution in [1.82, 2.24) is 0 Å². The maximum Gasteiger partial charge on any atom is 0.255 e. The van der Waals surface area contributed by atoms with E-state index in [9.17, 15) is 9.59 Å². The Morgan fingerprint density at radius 1 is 0.846 bits per heavy atom. The second-order valence-electron chi connectivity index (χ2n) is 5.93. The van der Waals surface area contributed by atoms with Crippen molar-refractivity contribution in [2.75, 3.05) is 11.1 Å². The predicted octanol–water partition coefficient (Wildman–Crippen LogP) is 5.22. The molecule has 0 aliphatic carbocycles. The van der Waals surface area contributed by atoms with E-state index in [4.69, 9.17) is 0 Å². The minimum absolute atomic E-state index is 0.0743. The molecule has 0 aliphatic rings. The van der Waals surface area contributed by atoms with Gasteiger partial charge in [-0.25, -0.2) is 0 Å². The van der Waals surface area contributed by atoms with Gasteiger partial charge < -0.3 is 5.32 Å². The van der Waals surface area contributed by atoms with Crippen LogP contribution in [0.5, 0.6) is 0 Å². The molecule has 0 unspecified atom stereocenters. The Hall–Kier alpha value is -2.85. The van der Waals surface area contributed by atoms with Crippen LogP contribution in [0.15, 0.2) is 83.8 Å². The summed E-state index contributed by atoms with van der Waals surface area (Å²) in [6.45, 7) is 1.98. The second kappa shape index (κ2) is 8.50. The van der Waals surface area contributed by atoms with Crippen LogP contribution in [-0.2, 0) is 0 Å². The molecule has 3 nitrogen and oxygen atoms in total. The van der Waals surface area contributed by atoms with E-state index >= 15 is 0 Å². The molecule has 3 rings (SSSR count). The Balaban J connectivity index is 1.64. The normalized spacial score (nSPS) is 10.3. The number of anilines is 1. The zero-order valence-corrected chi connectivity index (χ0v) is 15.3. The molecule has 0 radical (unpaired) electrons. The molecule has 0 saturated heterocycles. The average Bonchev–Trinajstić information content (AvgIpc) is 2.67. The first-order valence-electron chi connectivity index (χ1n) is 8.31. The van der Waals surface area contributed by atoms with E-state index in [-0.39, 0.29) is 11.7 Å². The summed E-state index contributed by atoms with van der Waals surface area (Å²) in [4.78, 5) is 25.6. The van der Waals surface area contributed by atoms with Crippen LogP contribution in [0.4, 0.5) is 5.69 Å². The van der Waals surface area contributed by atoms with Gasteiger partial charge >= 0.3 is 0 Å². The summed E-state index contributed by atoms with van der Waals surface area (Å²) in [5.41, 5.74) is 3.14. The highest BCUT2D eigenvalue weighted by molar-refractivity contribution is 8.00. The minimum Gasteiger partial charge on any atom is -0.322 e. The second-order valence-corrected chi connectivity index (χ2v) is 6.98. The molecule has 26 heavy (non-hydrogen) atoms. The number of benzene rings is 3. The highest BCUT2D eigenvalue weighted by Gasteiger charge is 2.09. The van der Waals surface area contributed by atoms with Crippen molar-refractivity contribution in [3.05, 3.63) is 95.6 Å². The number of carbonyl (C=O) groups is 2. The summed E-state index contributed by atoms with van der Waals surface area (Å²) in [5.74, 6) is 0.255. The van der Waals surface area contributed by atoms with Crippen molar-refractivity contribution >= 4 is 29.1 Å². The van der Waals surface area contributed by atoms with E-state index in [1.54, 1.807) is 6.07 Å². The van der Waals surface area contributed by atoms with Gasteiger partial charge in [0.2, 0.25) is 0 Å². The van der Waals surface area contributed by atoms with Crippen LogP contribution in [0.25, 0.3) is 0 Å². The molecule has 1 amide bonds. The van der Waals surface area contributed by atoms with Crippen LogP contribution < -0.4 is 5.32 Å². The van der Waals surface area contributed by atoms with E-state index in [0.29, 0.717) is 16.9 Å². The lowest BCUT2D eigenvalue weighted by Gasteiger charge is -2.08. The third-order valence-electron chi connectivity index (χ3n) is 3.84. The van der Waals surface area contributed by atoms with Crippen molar-refractivity contribution in [3.8, 4) is 0 Å². The summed E-state index contributed by atoms with van der Waals surface area (Å²) >= 11 is 1.43. The molecule has 0 heterocycles. The van der Waals surface area contributed by atoms with Gasteiger partial charge in [0, 0.05) is 21.7 Å². The number of thioether (sulfide) groups is 1. The minimum atomic E-state index is -0.160. The molecule has 0 bridgehead atoms. The largest absolute Gasteiger partial charge is 0.322 e. The maximum atomic E-state index is 12.4. The van der Waals surface area contributed by atoms with Crippen molar-refractivity contribution in [2.45, 2.75) is 11.8 Å². The molecule has 0 atom stereocenters. The SMILES string of the molecule is Cc1cccc(NC(=O)c2cccc(SCC(=O)c3ccccc3)c2)c1. The maximum absolute atomic E-state index is 12.4. The summed E-state index contributed by atoms with van der Waals surface area (Å²) in [7, 11) is 0. The van der Waals surface area contributed by atoms with Gasteiger partial charge in [0.25, 0.3) is 5.91 Å². The topological polar surface area (TPSA) is 46.2 Å². The lowest BCUT2D eigenvalue weighted by atomic mass is 10.2. The molecule has 4 heteroatoms. The van der Waals surface area contributed by atoms with Crippen LogP contribution in [0, 0.1) is 6.92 Å². The monoisotopic (exact) mass is 361 g/mol. The number of carbonyl (C=O) groups excluding carboxylic acids is 2. The summed E-state index contributed by atoms with van der Waals surface area (Å²) in [6.07, 6.45) is 0. The van der Waals surface area contributed by atoms with Crippen molar-refractivity contribution in [3.63, 3.8) is 0 Å². The van der Waals surface area contributed by atoms with Crippen molar-refractivity contribution < 1.29 is 9.59 Å². The Bertz CT molecular complexity index is 922. The zero-order chi connectivity index (χ0) is 18.4. The van der Waals surface area contributed by atoms with E-state index in [2.05, 4.69) is 5.32 Å². The highest BCUT2D eigenvalue weighted by Crippen LogP contribution is 2.21. The fourth-order valence-electron chi connectivity index (χ4n) is 2.51. The lowest BCUT2D eigenvalue weighted by molar-refractivity contribution is 0.101. The van der Waals surface area contributed by atoms with Gasteiger partial charge in [-0.3, -0.25) is 9.59 Å². The fourth-order valence-corrected chi connectivity index (χ4v) is 3.36. The van der Waals surface area contributed by atoms with Crippen LogP contribution in [0.3, 0.4) is 0 Å². The Morgan fingerprint density at radius 3 is 2.35 bits per heavy atom. The molecule has 0 aromatic heterocycles. The van der Waals surface area contributed by atoms with Crippen LogP contribution in [0.1, 0.15) is 26.3 Å². The first-order valence-corrected chi connectivity index (χ1v) is 9.29. The quantitative estimate of drug-likeness (QED) is 0.483. The molecule has 0 fully saturated rings. The molecule has 3 aromatic carbocycles. The standard InChI is InChI=1S/C22H19NO2S/c1-16-7-5-11-19(13-16)23-22(25)18-10-6-12-20(14-18)26-15-21(24)17-8-3-2-4-9-17/h2-14H,15H2,1H3,(H,23,25). The number of hydrogen-bond acceptors (Lipinski definition) is 3. The number of amides is 1. The Labute approximate surface area is 157 Å². The van der Waals surface area contributed by atoms with E-state index in [1.807, 2.05) is 79.7 Å². The molecule has 130 valence electrons. The number of Topliss-reactive ketones (excluding diaryl/α,β-unsaturated/α-hetero) is 1. The molecule has 1 N–H and O–H groups in total. The number of aryl methyl sites for hydroxylation is 1. The number of ketones is 1. The summed E-state index contributed by atoms with van der Waals surface area (Å²) in [5, 5.41) is 2.90. The van der Waals surface area contributed by atoms with Gasteiger partial charge in [-0.2, -0.15) is 0 Å². The number of rotatable bonds is 6. The van der Waals surface area contributed by atoms with Crippen molar-refractivity contribution in [1.29, 1.82) is 0 Å². The van der Waals surface area contributed by atoms with Crippen LogP contribution >= 0.6 is 11.8 Å². The first-order chi connectivity index (χ1) is 12.6. The fraction of sp³-hybridized carbons (Fsp3) is 0.0909. The van der Waals surface area contributed by atoms with Crippen LogP contribution in [0.2, 0.25) is 0 Å². The molecule has 0 saturated carbocycles. The highest BCUT2D eigenvalue weighted by atomic mass is 32.2. The Kier molecular flexibility index (Phi) is 5.87. The van der Waals surface area contributed by atoms with Gasteiger partial charge in [0.1, 0.15) is 0 Å². The molecule has 3 aromatic rings. The first kappa shape index (κ1) is 18.0. The Morgan fingerprint density at radius 2 is 1.58 bits per heavy atom. The van der Waals surface area contributed by atoms with Crippen molar-refractivity contribution in [2.24, 2.45) is 0 Å².